The number of rotatable bonds is 6. The lowest BCUT2D eigenvalue weighted by Crippen LogP contribution is -2.07. The molecule has 5 rings (SSSR count). The molecule has 0 radical (unpaired) electrons. The van der Waals surface area contributed by atoms with Gasteiger partial charge < -0.3 is 14.6 Å². The number of aromatic nitrogens is 5. The van der Waals surface area contributed by atoms with Crippen molar-refractivity contribution >= 4 is 22.6 Å². The highest BCUT2D eigenvalue weighted by atomic mass is 19.1. The van der Waals surface area contributed by atoms with E-state index in [0.29, 0.717) is 22.6 Å². The van der Waals surface area contributed by atoms with E-state index in [1.807, 2.05) is 36.7 Å². The van der Waals surface area contributed by atoms with E-state index in [4.69, 9.17) is 4.74 Å². The van der Waals surface area contributed by atoms with Crippen LogP contribution in [-0.2, 0) is 11.8 Å². The van der Waals surface area contributed by atoms with E-state index in [1.54, 1.807) is 37.5 Å². The number of halogens is 1. The van der Waals surface area contributed by atoms with Crippen molar-refractivity contribution in [2.24, 2.45) is 7.05 Å². The van der Waals surface area contributed by atoms with Gasteiger partial charge in [-0.1, -0.05) is 18.7 Å². The van der Waals surface area contributed by atoms with Gasteiger partial charge in [0, 0.05) is 47.3 Å². The lowest BCUT2D eigenvalue weighted by Gasteiger charge is -2.14. The number of nitrogens with zero attached hydrogens (tertiary/aromatic N) is 5. The van der Waals surface area contributed by atoms with Gasteiger partial charge in [-0.2, -0.15) is 0 Å². The van der Waals surface area contributed by atoms with Crippen LogP contribution in [0.5, 0.6) is 11.8 Å². The number of hydrogen-bond acceptors (Lipinski definition) is 6. The highest BCUT2D eigenvalue weighted by Crippen LogP contribution is 2.42. The van der Waals surface area contributed by atoms with E-state index < -0.39 is 5.82 Å². The van der Waals surface area contributed by atoms with Crippen molar-refractivity contribution in [3.63, 3.8) is 0 Å². The lowest BCUT2D eigenvalue weighted by atomic mass is 9.96. The van der Waals surface area contributed by atoms with Crippen LogP contribution >= 0.6 is 0 Å². The molecule has 0 aliphatic heterocycles. The molecule has 5 aromatic rings. The summed E-state index contributed by atoms with van der Waals surface area (Å²) in [6.45, 7) is 7.25. The van der Waals surface area contributed by atoms with Crippen molar-refractivity contribution in [1.29, 1.82) is 0 Å². The SMILES string of the molecule is C=CC(=O)Nc1ccc(-c2c(-c3ccc(Oc4nccc(C)n4)c(F)c3)c3cncnc3n2C)c(C)c1. The molecule has 1 N–H and O–H groups in total. The first-order valence-corrected chi connectivity index (χ1v) is 11.5. The van der Waals surface area contributed by atoms with Crippen LogP contribution < -0.4 is 10.1 Å². The number of fused-ring (bicyclic) bond motifs is 1. The molecule has 0 aliphatic rings. The molecule has 1 amide bonds. The number of carbonyl (C=O) groups excluding carboxylic acids is 1. The standard InChI is InChI=1S/C28H23FN6O2/c1-5-24(36)34-19-7-8-20(16(2)12-19)26-25(21-14-30-15-32-27(21)35(26)4)18-6-9-23(22(29)13-18)37-28-31-11-10-17(3)33-28/h5-15H,1H2,2-4H3,(H,34,36). The Morgan fingerprint density at radius 3 is 2.70 bits per heavy atom. The van der Waals surface area contributed by atoms with Gasteiger partial charge in [-0.15, -0.1) is 0 Å². The topological polar surface area (TPSA) is 94.8 Å². The number of anilines is 1. The summed E-state index contributed by atoms with van der Waals surface area (Å²) in [6.07, 6.45) is 5.98. The smallest absolute Gasteiger partial charge is 0.322 e. The van der Waals surface area contributed by atoms with Gasteiger partial charge >= 0.3 is 6.01 Å². The maximum atomic E-state index is 15.3. The zero-order valence-electron chi connectivity index (χ0n) is 20.5. The van der Waals surface area contributed by atoms with Crippen LogP contribution in [-0.4, -0.2) is 30.4 Å². The van der Waals surface area contributed by atoms with E-state index in [2.05, 4.69) is 31.8 Å². The summed E-state index contributed by atoms with van der Waals surface area (Å²) in [5, 5.41) is 3.55. The summed E-state index contributed by atoms with van der Waals surface area (Å²) in [6, 6.07) is 12.2. The van der Waals surface area contributed by atoms with Crippen LogP contribution in [0.25, 0.3) is 33.4 Å². The number of carbonyl (C=O) groups is 1. The molecule has 0 aliphatic carbocycles. The fourth-order valence-electron chi connectivity index (χ4n) is 4.29. The Hall–Kier alpha value is -4.92. The van der Waals surface area contributed by atoms with Crippen LogP contribution in [0.2, 0.25) is 0 Å². The summed E-state index contributed by atoms with van der Waals surface area (Å²) in [5.74, 6) is -0.825. The predicted molar refractivity (Wildman–Crippen MR) is 140 cm³/mol. The van der Waals surface area contributed by atoms with Crippen molar-refractivity contribution in [2.45, 2.75) is 13.8 Å². The molecule has 184 valence electrons. The Kier molecular flexibility index (Phi) is 6.19. The minimum Gasteiger partial charge on any atom is -0.421 e. The van der Waals surface area contributed by atoms with Crippen LogP contribution in [0.3, 0.4) is 0 Å². The second kappa shape index (κ2) is 9.62. The summed E-state index contributed by atoms with van der Waals surface area (Å²) in [4.78, 5) is 28.6. The quantitative estimate of drug-likeness (QED) is 0.301. The van der Waals surface area contributed by atoms with Gasteiger partial charge in [0.15, 0.2) is 11.6 Å². The molecule has 37 heavy (non-hydrogen) atoms. The number of hydrogen-bond donors (Lipinski definition) is 1. The molecule has 3 aromatic heterocycles. The number of amides is 1. The average molecular weight is 495 g/mol. The van der Waals surface area contributed by atoms with Crippen molar-refractivity contribution in [2.75, 3.05) is 5.32 Å². The van der Waals surface area contributed by atoms with Gasteiger partial charge in [-0.25, -0.2) is 24.3 Å². The Morgan fingerprint density at radius 2 is 1.97 bits per heavy atom. The van der Waals surface area contributed by atoms with Crippen molar-refractivity contribution < 1.29 is 13.9 Å². The minimum absolute atomic E-state index is 0.0193. The van der Waals surface area contributed by atoms with Crippen LogP contribution in [0.4, 0.5) is 10.1 Å². The number of ether oxygens (including phenoxy) is 1. The highest BCUT2D eigenvalue weighted by Gasteiger charge is 2.22. The van der Waals surface area contributed by atoms with Gasteiger partial charge in [0.25, 0.3) is 0 Å². The van der Waals surface area contributed by atoms with Gasteiger partial charge in [0.1, 0.15) is 12.0 Å². The Morgan fingerprint density at radius 1 is 1.14 bits per heavy atom. The zero-order chi connectivity index (χ0) is 26.1. The molecule has 0 unspecified atom stereocenters. The number of nitrogens with one attached hydrogen (secondary N) is 1. The second-order valence-electron chi connectivity index (χ2n) is 8.49. The fourth-order valence-corrected chi connectivity index (χ4v) is 4.29. The molecule has 8 nitrogen and oxygen atoms in total. The van der Waals surface area contributed by atoms with E-state index in [1.165, 1.54) is 18.5 Å². The summed E-state index contributed by atoms with van der Waals surface area (Å²) >= 11 is 0. The van der Waals surface area contributed by atoms with E-state index in [-0.39, 0.29) is 17.7 Å². The Bertz CT molecular complexity index is 1680. The monoisotopic (exact) mass is 494 g/mol. The molecule has 0 fully saturated rings. The van der Waals surface area contributed by atoms with Gasteiger partial charge in [0.05, 0.1) is 5.69 Å². The zero-order valence-corrected chi connectivity index (χ0v) is 20.5. The van der Waals surface area contributed by atoms with E-state index in [0.717, 1.165) is 27.8 Å². The molecular formula is C28H23FN6O2. The molecule has 2 aromatic carbocycles. The summed E-state index contributed by atoms with van der Waals surface area (Å²) in [5.41, 5.74) is 6.14. The highest BCUT2D eigenvalue weighted by molar-refractivity contribution is 6.04. The fraction of sp³-hybridized carbons (Fsp3) is 0.107. The first kappa shape index (κ1) is 23.8. The predicted octanol–water partition coefficient (Wildman–Crippen LogP) is 5.77. The van der Waals surface area contributed by atoms with Gasteiger partial charge in [-0.05, 0) is 61.4 Å². The number of benzene rings is 2. The normalized spacial score (nSPS) is 10.9. The van der Waals surface area contributed by atoms with Crippen LogP contribution in [0.15, 0.2) is 73.8 Å². The van der Waals surface area contributed by atoms with E-state index >= 15 is 4.39 Å². The van der Waals surface area contributed by atoms with Gasteiger partial charge in [0.2, 0.25) is 5.91 Å². The molecule has 0 saturated carbocycles. The molecule has 0 atom stereocenters. The largest absolute Gasteiger partial charge is 0.421 e. The lowest BCUT2D eigenvalue weighted by molar-refractivity contribution is -0.111. The second-order valence-corrected chi connectivity index (χ2v) is 8.49. The third-order valence-corrected chi connectivity index (χ3v) is 5.98. The van der Waals surface area contributed by atoms with Crippen LogP contribution in [0, 0.1) is 19.7 Å². The Labute approximate surface area is 212 Å². The third-order valence-electron chi connectivity index (χ3n) is 5.98. The molecule has 0 spiro atoms. The molecule has 3 heterocycles. The first-order valence-electron chi connectivity index (χ1n) is 11.5. The molecule has 9 heteroatoms. The third kappa shape index (κ3) is 4.54. The first-order chi connectivity index (χ1) is 17.9. The van der Waals surface area contributed by atoms with Crippen molar-refractivity contribution in [3.05, 3.63) is 90.9 Å². The van der Waals surface area contributed by atoms with Gasteiger partial charge in [-0.3, -0.25) is 4.79 Å². The van der Waals surface area contributed by atoms with Crippen molar-refractivity contribution in [1.82, 2.24) is 24.5 Å². The molecule has 0 saturated heterocycles. The van der Waals surface area contributed by atoms with Crippen LogP contribution in [0.1, 0.15) is 11.3 Å². The molecular weight excluding hydrogens is 471 g/mol. The van der Waals surface area contributed by atoms with E-state index in [9.17, 15) is 4.79 Å². The maximum absolute atomic E-state index is 15.3. The number of aryl methyl sites for hydroxylation is 3. The maximum Gasteiger partial charge on any atom is 0.322 e. The Balaban J connectivity index is 1.63. The van der Waals surface area contributed by atoms with Crippen molar-refractivity contribution in [3.8, 4) is 34.1 Å². The average Bonchev–Trinajstić information content (AvgIpc) is 3.17. The molecule has 0 bridgehead atoms. The minimum atomic E-state index is -0.554. The summed E-state index contributed by atoms with van der Waals surface area (Å²) < 4.78 is 22.8. The summed E-state index contributed by atoms with van der Waals surface area (Å²) in [7, 11) is 1.91.